The van der Waals surface area contributed by atoms with Crippen LogP contribution in [0.5, 0.6) is 0 Å². The molecule has 1 aliphatic carbocycles. The van der Waals surface area contributed by atoms with Gasteiger partial charge in [0.1, 0.15) is 0 Å². The molecular weight excluding hydrogens is 150 g/mol. The van der Waals surface area contributed by atoms with Crippen LogP contribution in [0.15, 0.2) is 0 Å². The van der Waals surface area contributed by atoms with Crippen molar-refractivity contribution in [2.45, 2.75) is 25.4 Å². The van der Waals surface area contributed by atoms with Crippen molar-refractivity contribution in [2.24, 2.45) is 11.8 Å². The molecule has 1 saturated carbocycles. The summed E-state index contributed by atoms with van der Waals surface area (Å²) in [6.07, 6.45) is 4.63. The van der Waals surface area contributed by atoms with E-state index in [4.69, 9.17) is 4.74 Å². The van der Waals surface area contributed by atoms with Crippen LogP contribution in [0.3, 0.4) is 0 Å². The number of fused-ring (bicyclic) bond motifs is 1. The molecule has 0 amide bonds. The van der Waals surface area contributed by atoms with Gasteiger partial charge in [-0.15, -0.1) is 0 Å². The monoisotopic (exact) mass is 169 g/mol. The Morgan fingerprint density at radius 1 is 1.25 bits per heavy atom. The third-order valence-corrected chi connectivity index (χ3v) is 3.52. The van der Waals surface area contributed by atoms with Crippen LogP contribution in [0.25, 0.3) is 0 Å². The number of ether oxygens (including phenoxy) is 1. The molecule has 0 spiro atoms. The maximum absolute atomic E-state index is 5.53. The van der Waals surface area contributed by atoms with Crippen LogP contribution in [-0.4, -0.2) is 38.3 Å². The minimum atomic E-state index is 0.550. The highest BCUT2D eigenvalue weighted by Crippen LogP contribution is 2.36. The third-order valence-electron chi connectivity index (χ3n) is 3.52. The van der Waals surface area contributed by atoms with Crippen molar-refractivity contribution in [1.29, 1.82) is 0 Å². The summed E-state index contributed by atoms with van der Waals surface area (Å²) in [6, 6.07) is 0. The van der Waals surface area contributed by atoms with E-state index < -0.39 is 0 Å². The minimum absolute atomic E-state index is 0.550. The summed E-state index contributed by atoms with van der Waals surface area (Å²) in [7, 11) is 4.09. The lowest BCUT2D eigenvalue weighted by atomic mass is 9.79. The molecule has 0 aromatic carbocycles. The van der Waals surface area contributed by atoms with Gasteiger partial charge >= 0.3 is 0 Å². The van der Waals surface area contributed by atoms with Crippen molar-refractivity contribution >= 4 is 0 Å². The van der Waals surface area contributed by atoms with Gasteiger partial charge in [-0.25, -0.2) is 0 Å². The number of likely N-dealkylation sites (tertiary alicyclic amines) is 1. The molecule has 1 saturated heterocycles. The van der Waals surface area contributed by atoms with E-state index >= 15 is 0 Å². The maximum Gasteiger partial charge on any atom is 0.0614 e. The second-order valence-corrected chi connectivity index (χ2v) is 4.35. The Morgan fingerprint density at radius 2 is 2.08 bits per heavy atom. The van der Waals surface area contributed by atoms with Crippen LogP contribution >= 0.6 is 0 Å². The van der Waals surface area contributed by atoms with Gasteiger partial charge < -0.3 is 9.64 Å². The molecule has 2 aliphatic rings. The van der Waals surface area contributed by atoms with Crippen LogP contribution < -0.4 is 0 Å². The molecule has 1 heterocycles. The summed E-state index contributed by atoms with van der Waals surface area (Å²) in [5.41, 5.74) is 0. The van der Waals surface area contributed by atoms with Gasteiger partial charge in [0.2, 0.25) is 0 Å². The smallest absolute Gasteiger partial charge is 0.0614 e. The first-order chi connectivity index (χ1) is 5.81. The minimum Gasteiger partial charge on any atom is -0.381 e. The Balaban J connectivity index is 2.02. The average Bonchev–Trinajstić information content (AvgIpc) is 2.44. The van der Waals surface area contributed by atoms with E-state index in [-0.39, 0.29) is 0 Å². The van der Waals surface area contributed by atoms with Crippen LogP contribution in [0, 0.1) is 11.8 Å². The van der Waals surface area contributed by atoms with E-state index in [0.717, 1.165) is 11.8 Å². The number of hydrogen-bond donors (Lipinski definition) is 0. The summed E-state index contributed by atoms with van der Waals surface area (Å²) < 4.78 is 5.53. The first-order valence-corrected chi connectivity index (χ1v) is 5.02. The van der Waals surface area contributed by atoms with Crippen molar-refractivity contribution in [3.8, 4) is 0 Å². The van der Waals surface area contributed by atoms with Crippen LogP contribution in [-0.2, 0) is 4.74 Å². The molecule has 2 heteroatoms. The Bertz CT molecular complexity index is 154. The molecule has 70 valence electrons. The van der Waals surface area contributed by atoms with Crippen molar-refractivity contribution in [1.82, 2.24) is 4.90 Å². The van der Waals surface area contributed by atoms with Gasteiger partial charge in [-0.05, 0) is 25.8 Å². The third kappa shape index (κ3) is 1.38. The Labute approximate surface area is 74.9 Å². The first-order valence-electron chi connectivity index (χ1n) is 5.02. The van der Waals surface area contributed by atoms with Crippen molar-refractivity contribution in [3.05, 3.63) is 0 Å². The molecule has 2 nitrogen and oxygen atoms in total. The Hall–Kier alpha value is -0.0800. The van der Waals surface area contributed by atoms with E-state index in [1.165, 1.54) is 32.4 Å². The summed E-state index contributed by atoms with van der Waals surface area (Å²) in [5, 5.41) is 0. The molecular formula is C10H19NO. The fourth-order valence-corrected chi connectivity index (χ4v) is 2.93. The Kier molecular flexibility index (Phi) is 2.37. The van der Waals surface area contributed by atoms with Crippen LogP contribution in [0.4, 0.5) is 0 Å². The highest BCUT2D eigenvalue weighted by molar-refractivity contribution is 4.90. The molecule has 0 bridgehead atoms. The second kappa shape index (κ2) is 3.35. The highest BCUT2D eigenvalue weighted by atomic mass is 16.5. The van der Waals surface area contributed by atoms with Crippen LogP contribution in [0.1, 0.15) is 19.3 Å². The molecule has 2 fully saturated rings. The standard InChI is InChI=1S/C10H19NO/c1-11-6-8-4-3-5-10(12-2)9(8)7-11/h8-10H,3-7H2,1-2H3/t8-,9+,10?/m0/s1. The predicted octanol–water partition coefficient (Wildman–Crippen LogP) is 1.36. The fourth-order valence-electron chi connectivity index (χ4n) is 2.93. The van der Waals surface area contributed by atoms with Crippen molar-refractivity contribution in [3.63, 3.8) is 0 Å². The molecule has 2 rings (SSSR count). The lowest BCUT2D eigenvalue weighted by Gasteiger charge is -2.31. The van der Waals surface area contributed by atoms with E-state index in [2.05, 4.69) is 11.9 Å². The SMILES string of the molecule is COC1CCC[C@H]2CN(C)C[C@@H]12. The Morgan fingerprint density at radius 3 is 2.83 bits per heavy atom. The van der Waals surface area contributed by atoms with E-state index in [9.17, 15) is 0 Å². The first kappa shape index (κ1) is 8.52. The largest absolute Gasteiger partial charge is 0.381 e. The van der Waals surface area contributed by atoms with Gasteiger partial charge in [-0.3, -0.25) is 0 Å². The summed E-state index contributed by atoms with van der Waals surface area (Å²) in [6.45, 7) is 2.55. The zero-order valence-electron chi connectivity index (χ0n) is 8.12. The predicted molar refractivity (Wildman–Crippen MR) is 49.1 cm³/mol. The molecule has 12 heavy (non-hydrogen) atoms. The average molecular weight is 169 g/mol. The molecule has 3 atom stereocenters. The summed E-state index contributed by atoms with van der Waals surface area (Å²) >= 11 is 0. The van der Waals surface area contributed by atoms with Crippen molar-refractivity contribution in [2.75, 3.05) is 27.2 Å². The molecule has 0 N–H and O–H groups in total. The maximum atomic E-state index is 5.53. The summed E-state index contributed by atoms with van der Waals surface area (Å²) in [5.74, 6) is 1.75. The number of rotatable bonds is 1. The number of hydrogen-bond acceptors (Lipinski definition) is 2. The lowest BCUT2D eigenvalue weighted by Crippen LogP contribution is -2.32. The van der Waals surface area contributed by atoms with Gasteiger partial charge in [0.25, 0.3) is 0 Å². The zero-order chi connectivity index (χ0) is 8.55. The highest BCUT2D eigenvalue weighted by Gasteiger charge is 2.38. The van der Waals surface area contributed by atoms with E-state index in [1.54, 1.807) is 0 Å². The van der Waals surface area contributed by atoms with Gasteiger partial charge in [-0.2, -0.15) is 0 Å². The number of nitrogens with zero attached hydrogens (tertiary/aromatic N) is 1. The van der Waals surface area contributed by atoms with E-state index in [1.807, 2.05) is 7.11 Å². The molecule has 1 unspecified atom stereocenters. The second-order valence-electron chi connectivity index (χ2n) is 4.35. The van der Waals surface area contributed by atoms with Gasteiger partial charge in [0, 0.05) is 26.1 Å². The quantitative estimate of drug-likeness (QED) is 0.587. The van der Waals surface area contributed by atoms with Crippen LogP contribution in [0.2, 0.25) is 0 Å². The van der Waals surface area contributed by atoms with Crippen molar-refractivity contribution < 1.29 is 4.74 Å². The molecule has 0 aromatic rings. The normalized spacial score (nSPS) is 43.0. The molecule has 0 radical (unpaired) electrons. The topological polar surface area (TPSA) is 12.5 Å². The fraction of sp³-hybridized carbons (Fsp3) is 1.00. The molecule has 0 aromatic heterocycles. The summed E-state index contributed by atoms with van der Waals surface area (Å²) in [4.78, 5) is 2.45. The van der Waals surface area contributed by atoms with E-state index in [0.29, 0.717) is 6.10 Å². The van der Waals surface area contributed by atoms with Gasteiger partial charge in [0.15, 0.2) is 0 Å². The molecule has 1 aliphatic heterocycles. The zero-order valence-corrected chi connectivity index (χ0v) is 8.12. The van der Waals surface area contributed by atoms with Gasteiger partial charge in [0.05, 0.1) is 6.10 Å². The van der Waals surface area contributed by atoms with Gasteiger partial charge in [-0.1, -0.05) is 6.42 Å². The lowest BCUT2D eigenvalue weighted by molar-refractivity contribution is 0.0128. The number of methoxy groups -OCH3 is 1.